The van der Waals surface area contributed by atoms with Crippen molar-refractivity contribution in [1.82, 2.24) is 20.2 Å². The minimum atomic E-state index is 0. The molecule has 0 aliphatic heterocycles. The van der Waals surface area contributed by atoms with Crippen LogP contribution < -0.4 is 10.6 Å². The van der Waals surface area contributed by atoms with Crippen LogP contribution in [0.1, 0.15) is 31.7 Å². The molecule has 1 aromatic carbocycles. The fourth-order valence-electron chi connectivity index (χ4n) is 2.78. The summed E-state index contributed by atoms with van der Waals surface area (Å²) in [7, 11) is 0. The number of nitrogens with zero attached hydrogens (tertiary/aromatic N) is 3. The maximum absolute atomic E-state index is 4.69. The van der Waals surface area contributed by atoms with E-state index in [1.165, 1.54) is 12.0 Å². The first-order chi connectivity index (χ1) is 11.8. The Morgan fingerprint density at radius 2 is 2.08 bits per heavy atom. The molecule has 2 unspecified atom stereocenters. The highest BCUT2D eigenvalue weighted by atomic mass is 127. The van der Waals surface area contributed by atoms with Crippen LogP contribution in [0.2, 0.25) is 0 Å². The summed E-state index contributed by atoms with van der Waals surface area (Å²) in [5.41, 5.74) is 1.29. The van der Waals surface area contributed by atoms with Crippen LogP contribution in [0.25, 0.3) is 0 Å². The summed E-state index contributed by atoms with van der Waals surface area (Å²) < 4.78 is 2.20. The molecular formula is C19H28IN5. The Morgan fingerprint density at radius 1 is 1.32 bits per heavy atom. The van der Waals surface area contributed by atoms with Gasteiger partial charge in [0.05, 0.1) is 0 Å². The predicted molar refractivity (Wildman–Crippen MR) is 114 cm³/mol. The summed E-state index contributed by atoms with van der Waals surface area (Å²) in [6.07, 6.45) is 6.00. The molecule has 0 amide bonds. The van der Waals surface area contributed by atoms with Gasteiger partial charge in [0, 0.05) is 44.5 Å². The summed E-state index contributed by atoms with van der Waals surface area (Å²) in [6, 6.07) is 11.1. The lowest BCUT2D eigenvalue weighted by Gasteiger charge is -2.11. The van der Waals surface area contributed by atoms with Gasteiger partial charge < -0.3 is 15.2 Å². The van der Waals surface area contributed by atoms with E-state index in [0.29, 0.717) is 6.04 Å². The van der Waals surface area contributed by atoms with Gasteiger partial charge in [0.1, 0.15) is 5.82 Å². The smallest absolute Gasteiger partial charge is 0.191 e. The van der Waals surface area contributed by atoms with E-state index in [2.05, 4.69) is 58.3 Å². The first kappa shape index (κ1) is 19.8. The van der Waals surface area contributed by atoms with Crippen LogP contribution in [0, 0.1) is 5.92 Å². The number of hydrogen-bond donors (Lipinski definition) is 2. The SMILES string of the molecule is CCNC(=NCCc1nccn1Cc1ccccc1)NC1CC1C.I. The van der Waals surface area contributed by atoms with Crippen molar-refractivity contribution >= 4 is 29.9 Å². The zero-order chi connectivity index (χ0) is 16.8. The van der Waals surface area contributed by atoms with Crippen LogP contribution in [-0.2, 0) is 13.0 Å². The van der Waals surface area contributed by atoms with Gasteiger partial charge >= 0.3 is 0 Å². The summed E-state index contributed by atoms with van der Waals surface area (Å²) in [4.78, 5) is 9.19. The van der Waals surface area contributed by atoms with Gasteiger partial charge in [-0.1, -0.05) is 37.3 Å². The number of rotatable bonds is 7. The average Bonchev–Trinajstić information content (AvgIpc) is 3.10. The maximum atomic E-state index is 4.69. The zero-order valence-electron chi connectivity index (χ0n) is 15.0. The van der Waals surface area contributed by atoms with E-state index in [9.17, 15) is 0 Å². The molecule has 0 bridgehead atoms. The monoisotopic (exact) mass is 453 g/mol. The number of nitrogens with one attached hydrogen (secondary N) is 2. The molecule has 2 atom stereocenters. The summed E-state index contributed by atoms with van der Waals surface area (Å²) >= 11 is 0. The molecule has 1 heterocycles. The summed E-state index contributed by atoms with van der Waals surface area (Å²) in [5.74, 6) is 2.77. The molecule has 1 aliphatic rings. The molecule has 0 spiro atoms. The zero-order valence-corrected chi connectivity index (χ0v) is 17.3. The van der Waals surface area contributed by atoms with Crippen LogP contribution in [0.4, 0.5) is 0 Å². The van der Waals surface area contributed by atoms with Crippen molar-refractivity contribution < 1.29 is 0 Å². The molecule has 5 nitrogen and oxygen atoms in total. The van der Waals surface area contributed by atoms with E-state index in [1.54, 1.807) is 0 Å². The molecule has 0 radical (unpaired) electrons. The van der Waals surface area contributed by atoms with E-state index in [4.69, 9.17) is 4.99 Å². The number of guanidine groups is 1. The molecule has 3 rings (SSSR count). The topological polar surface area (TPSA) is 54.2 Å². The van der Waals surface area contributed by atoms with Crippen molar-refractivity contribution in [2.24, 2.45) is 10.9 Å². The van der Waals surface area contributed by atoms with Crippen LogP contribution in [-0.4, -0.2) is 34.6 Å². The summed E-state index contributed by atoms with van der Waals surface area (Å²) in [6.45, 7) is 6.84. The van der Waals surface area contributed by atoms with Crippen LogP contribution in [0.5, 0.6) is 0 Å². The Morgan fingerprint density at radius 3 is 2.76 bits per heavy atom. The van der Waals surface area contributed by atoms with Crippen molar-refractivity contribution in [3.05, 3.63) is 54.1 Å². The summed E-state index contributed by atoms with van der Waals surface area (Å²) in [5, 5.41) is 6.81. The first-order valence-electron chi connectivity index (χ1n) is 8.85. The molecule has 25 heavy (non-hydrogen) atoms. The number of imidazole rings is 1. The van der Waals surface area contributed by atoms with E-state index >= 15 is 0 Å². The van der Waals surface area contributed by atoms with Gasteiger partial charge in [-0.2, -0.15) is 0 Å². The third-order valence-electron chi connectivity index (χ3n) is 4.38. The van der Waals surface area contributed by atoms with Crippen LogP contribution in [0.3, 0.4) is 0 Å². The largest absolute Gasteiger partial charge is 0.357 e. The Kier molecular flexibility index (Phi) is 7.74. The Labute approximate surface area is 167 Å². The Balaban J connectivity index is 0.00000225. The van der Waals surface area contributed by atoms with E-state index < -0.39 is 0 Å². The molecule has 1 fully saturated rings. The van der Waals surface area contributed by atoms with Crippen molar-refractivity contribution in [2.45, 2.75) is 39.3 Å². The second-order valence-corrected chi connectivity index (χ2v) is 6.43. The lowest BCUT2D eigenvalue weighted by atomic mass is 10.2. The first-order valence-corrected chi connectivity index (χ1v) is 8.85. The molecule has 1 aromatic heterocycles. The highest BCUT2D eigenvalue weighted by Gasteiger charge is 2.33. The molecule has 0 saturated heterocycles. The van der Waals surface area contributed by atoms with Gasteiger partial charge in [0.15, 0.2) is 5.96 Å². The third kappa shape index (κ3) is 6.02. The van der Waals surface area contributed by atoms with E-state index in [0.717, 1.165) is 43.8 Å². The molecule has 136 valence electrons. The molecule has 6 heteroatoms. The number of aliphatic imine (C=N–C) groups is 1. The fraction of sp³-hybridized carbons (Fsp3) is 0.474. The minimum absolute atomic E-state index is 0. The lowest BCUT2D eigenvalue weighted by Crippen LogP contribution is -2.39. The van der Waals surface area contributed by atoms with E-state index in [1.807, 2.05) is 18.5 Å². The Bertz CT molecular complexity index is 667. The second-order valence-electron chi connectivity index (χ2n) is 6.43. The van der Waals surface area contributed by atoms with Gasteiger partial charge in [-0.15, -0.1) is 24.0 Å². The third-order valence-corrected chi connectivity index (χ3v) is 4.38. The highest BCUT2D eigenvalue weighted by molar-refractivity contribution is 14.0. The molecule has 1 aliphatic carbocycles. The number of benzene rings is 1. The second kappa shape index (κ2) is 9.79. The van der Waals surface area contributed by atoms with Gasteiger partial charge in [0.25, 0.3) is 0 Å². The van der Waals surface area contributed by atoms with Gasteiger partial charge in [0.2, 0.25) is 0 Å². The van der Waals surface area contributed by atoms with Gasteiger partial charge in [-0.3, -0.25) is 4.99 Å². The van der Waals surface area contributed by atoms with Crippen molar-refractivity contribution in [1.29, 1.82) is 0 Å². The normalized spacial score (nSPS) is 19.2. The van der Waals surface area contributed by atoms with Crippen LogP contribution in [0.15, 0.2) is 47.7 Å². The van der Waals surface area contributed by atoms with Crippen molar-refractivity contribution in [3.8, 4) is 0 Å². The van der Waals surface area contributed by atoms with Crippen LogP contribution >= 0.6 is 24.0 Å². The predicted octanol–water partition coefficient (Wildman–Crippen LogP) is 3.06. The quantitative estimate of drug-likeness (QED) is 0.385. The number of halogens is 1. The van der Waals surface area contributed by atoms with Crippen molar-refractivity contribution in [2.75, 3.05) is 13.1 Å². The molecule has 2 aromatic rings. The lowest BCUT2D eigenvalue weighted by molar-refractivity contribution is 0.710. The number of aromatic nitrogens is 2. The Hall–Kier alpha value is -1.57. The fourth-order valence-corrected chi connectivity index (χ4v) is 2.78. The molecule has 1 saturated carbocycles. The minimum Gasteiger partial charge on any atom is -0.357 e. The van der Waals surface area contributed by atoms with Gasteiger partial charge in [-0.25, -0.2) is 4.98 Å². The maximum Gasteiger partial charge on any atom is 0.191 e. The number of hydrogen-bond acceptors (Lipinski definition) is 2. The molecular weight excluding hydrogens is 425 g/mol. The highest BCUT2D eigenvalue weighted by Crippen LogP contribution is 2.28. The standard InChI is InChI=1S/C19H27N5.HI/c1-3-20-19(23-17-13-15(17)2)22-10-9-18-21-11-12-24(18)14-16-7-5-4-6-8-16;/h4-8,11-12,15,17H,3,9-10,13-14H2,1-2H3,(H2,20,22,23);1H. The van der Waals surface area contributed by atoms with Crippen molar-refractivity contribution in [3.63, 3.8) is 0 Å². The molecule has 2 N–H and O–H groups in total. The van der Waals surface area contributed by atoms with Gasteiger partial charge in [-0.05, 0) is 24.8 Å². The average molecular weight is 453 g/mol. The van der Waals surface area contributed by atoms with E-state index in [-0.39, 0.29) is 24.0 Å².